The van der Waals surface area contributed by atoms with E-state index in [1.807, 2.05) is 0 Å². The molecule has 4 nitrogen and oxygen atoms in total. The van der Waals surface area contributed by atoms with Crippen LogP contribution < -0.4 is 0 Å². The topological polar surface area (TPSA) is 60.4 Å². The summed E-state index contributed by atoms with van der Waals surface area (Å²) < 4.78 is 38.2. The first-order valence-corrected chi connectivity index (χ1v) is 5.43. The lowest BCUT2D eigenvalue weighted by Crippen LogP contribution is -2.29. The molecule has 0 N–H and O–H groups in total. The second-order valence-electron chi connectivity index (χ2n) is 3.07. The average molecular weight is 210 g/mol. The van der Waals surface area contributed by atoms with Gasteiger partial charge in [-0.05, 0) is 12.8 Å². The predicted octanol–water partition coefficient (Wildman–Crippen LogP) is 0.627. The number of rotatable bonds is 2. The van der Waals surface area contributed by atoms with Crippen LogP contribution in [0.2, 0.25) is 0 Å². The van der Waals surface area contributed by atoms with E-state index in [4.69, 9.17) is 0 Å². The lowest BCUT2D eigenvalue weighted by atomic mass is 10.1. The SMILES string of the molecule is COC(=O)C1CCCC1S(=O)(=O)F. The van der Waals surface area contributed by atoms with Crippen LogP contribution in [0.1, 0.15) is 19.3 Å². The van der Waals surface area contributed by atoms with Crippen molar-refractivity contribution in [2.75, 3.05) is 7.11 Å². The molecule has 0 aromatic carbocycles. The summed E-state index contributed by atoms with van der Waals surface area (Å²) in [6, 6.07) is 0. The third-order valence-corrected chi connectivity index (χ3v) is 3.61. The molecule has 1 saturated carbocycles. The molecule has 6 heteroatoms. The zero-order chi connectivity index (χ0) is 10.1. The van der Waals surface area contributed by atoms with E-state index in [-0.39, 0.29) is 6.42 Å². The Bertz CT molecular complexity index is 298. The molecule has 1 aliphatic carbocycles. The van der Waals surface area contributed by atoms with Crippen LogP contribution in [0.4, 0.5) is 3.89 Å². The van der Waals surface area contributed by atoms with Gasteiger partial charge in [-0.15, -0.1) is 3.89 Å². The van der Waals surface area contributed by atoms with E-state index in [0.29, 0.717) is 12.8 Å². The van der Waals surface area contributed by atoms with E-state index < -0.39 is 27.4 Å². The lowest BCUT2D eigenvalue weighted by molar-refractivity contribution is -0.145. The van der Waals surface area contributed by atoms with E-state index in [1.54, 1.807) is 0 Å². The number of methoxy groups -OCH3 is 1. The Hall–Kier alpha value is -0.650. The minimum Gasteiger partial charge on any atom is -0.469 e. The Kier molecular flexibility index (Phi) is 2.90. The molecule has 2 unspecified atom stereocenters. The first kappa shape index (κ1) is 10.4. The minimum absolute atomic E-state index is 0.207. The van der Waals surface area contributed by atoms with Crippen LogP contribution in [0.25, 0.3) is 0 Å². The zero-order valence-corrected chi connectivity index (χ0v) is 8.01. The second kappa shape index (κ2) is 3.61. The number of carbonyl (C=O) groups excluding carboxylic acids is 1. The maximum Gasteiger partial charge on any atom is 0.310 e. The molecule has 0 spiro atoms. The molecule has 0 heterocycles. The molecule has 0 aromatic heterocycles. The van der Waals surface area contributed by atoms with Crippen molar-refractivity contribution >= 4 is 16.2 Å². The summed E-state index contributed by atoms with van der Waals surface area (Å²) >= 11 is 0. The van der Waals surface area contributed by atoms with Crippen molar-refractivity contribution in [2.45, 2.75) is 24.5 Å². The molecule has 0 amide bonds. The van der Waals surface area contributed by atoms with Crippen LogP contribution in [0.3, 0.4) is 0 Å². The van der Waals surface area contributed by atoms with Crippen molar-refractivity contribution in [3.8, 4) is 0 Å². The van der Waals surface area contributed by atoms with Gasteiger partial charge >= 0.3 is 16.2 Å². The van der Waals surface area contributed by atoms with Gasteiger partial charge in [-0.3, -0.25) is 4.79 Å². The number of esters is 1. The monoisotopic (exact) mass is 210 g/mol. The molecule has 0 radical (unpaired) electrons. The smallest absolute Gasteiger partial charge is 0.310 e. The van der Waals surface area contributed by atoms with Gasteiger partial charge in [-0.25, -0.2) is 0 Å². The summed E-state index contributed by atoms with van der Waals surface area (Å²) in [4.78, 5) is 11.0. The first-order valence-electron chi connectivity index (χ1n) is 3.98. The van der Waals surface area contributed by atoms with Crippen molar-refractivity contribution < 1.29 is 21.8 Å². The van der Waals surface area contributed by atoms with Crippen LogP contribution in [-0.4, -0.2) is 26.7 Å². The molecule has 0 saturated heterocycles. The van der Waals surface area contributed by atoms with Gasteiger partial charge in [-0.2, -0.15) is 8.42 Å². The van der Waals surface area contributed by atoms with Gasteiger partial charge in [0.05, 0.1) is 13.0 Å². The number of carbonyl (C=O) groups is 1. The zero-order valence-electron chi connectivity index (χ0n) is 7.20. The van der Waals surface area contributed by atoms with Crippen LogP contribution in [0.5, 0.6) is 0 Å². The summed E-state index contributed by atoms with van der Waals surface area (Å²) in [5, 5.41) is -1.19. The van der Waals surface area contributed by atoms with Gasteiger partial charge < -0.3 is 4.74 Å². The van der Waals surface area contributed by atoms with Gasteiger partial charge in [0.1, 0.15) is 5.25 Å². The van der Waals surface area contributed by atoms with Crippen molar-refractivity contribution in [2.24, 2.45) is 5.92 Å². The fourth-order valence-corrected chi connectivity index (χ4v) is 2.77. The number of ether oxygens (including phenoxy) is 1. The molecule has 13 heavy (non-hydrogen) atoms. The van der Waals surface area contributed by atoms with Crippen molar-refractivity contribution in [1.82, 2.24) is 0 Å². The second-order valence-corrected chi connectivity index (χ2v) is 4.63. The highest BCUT2D eigenvalue weighted by atomic mass is 32.3. The average Bonchev–Trinajstić information content (AvgIpc) is 2.49. The van der Waals surface area contributed by atoms with Crippen molar-refractivity contribution in [1.29, 1.82) is 0 Å². The maximum atomic E-state index is 12.6. The molecule has 2 atom stereocenters. The summed E-state index contributed by atoms with van der Waals surface area (Å²) in [5.41, 5.74) is 0. The number of hydrogen-bond donors (Lipinski definition) is 0. The third-order valence-electron chi connectivity index (χ3n) is 2.32. The van der Waals surface area contributed by atoms with Crippen molar-refractivity contribution in [3.05, 3.63) is 0 Å². The van der Waals surface area contributed by atoms with Gasteiger partial charge in [-0.1, -0.05) is 6.42 Å². The molecule has 1 rings (SSSR count). The summed E-state index contributed by atoms with van der Waals surface area (Å²) in [7, 11) is -3.44. The van der Waals surface area contributed by atoms with E-state index >= 15 is 0 Å². The first-order chi connectivity index (χ1) is 5.96. The standard InChI is InChI=1S/C7H11FO4S/c1-12-7(9)5-3-2-4-6(5)13(8,10)11/h5-6H,2-4H2,1H3. The molecular weight excluding hydrogens is 199 g/mol. The maximum absolute atomic E-state index is 12.6. The highest BCUT2D eigenvalue weighted by Crippen LogP contribution is 2.32. The summed E-state index contributed by atoms with van der Waals surface area (Å²) in [5.74, 6) is -1.45. The molecule has 1 fully saturated rings. The molecule has 0 aromatic rings. The van der Waals surface area contributed by atoms with Crippen LogP contribution in [0.15, 0.2) is 0 Å². The van der Waals surface area contributed by atoms with Gasteiger partial charge in [0.2, 0.25) is 0 Å². The van der Waals surface area contributed by atoms with E-state index in [1.165, 1.54) is 7.11 Å². The molecule has 1 aliphatic rings. The van der Waals surface area contributed by atoms with Gasteiger partial charge in [0, 0.05) is 0 Å². The molecule has 76 valence electrons. The van der Waals surface area contributed by atoms with E-state index in [2.05, 4.69) is 4.74 Å². The third kappa shape index (κ3) is 2.18. The Morgan fingerprint density at radius 2 is 2.08 bits per heavy atom. The van der Waals surface area contributed by atoms with E-state index in [0.717, 1.165) is 0 Å². The Morgan fingerprint density at radius 1 is 1.46 bits per heavy atom. The van der Waals surface area contributed by atoms with Crippen LogP contribution in [-0.2, 0) is 19.8 Å². The number of hydrogen-bond acceptors (Lipinski definition) is 4. The summed E-state index contributed by atoms with van der Waals surface area (Å²) in [6.45, 7) is 0. The Morgan fingerprint density at radius 3 is 2.54 bits per heavy atom. The van der Waals surface area contributed by atoms with Crippen molar-refractivity contribution in [3.63, 3.8) is 0 Å². The highest BCUT2D eigenvalue weighted by Gasteiger charge is 2.42. The Labute approximate surface area is 76.3 Å². The van der Waals surface area contributed by atoms with Crippen LogP contribution >= 0.6 is 0 Å². The number of halogens is 1. The minimum atomic E-state index is -4.61. The highest BCUT2D eigenvalue weighted by molar-refractivity contribution is 7.87. The fourth-order valence-electron chi connectivity index (χ4n) is 1.68. The normalized spacial score (nSPS) is 28.8. The summed E-state index contributed by atoms with van der Waals surface area (Å²) in [6.07, 6.45) is 1.15. The van der Waals surface area contributed by atoms with E-state index in [9.17, 15) is 17.1 Å². The molecule has 0 aliphatic heterocycles. The van der Waals surface area contributed by atoms with Gasteiger partial charge in [0.15, 0.2) is 0 Å². The predicted molar refractivity (Wildman–Crippen MR) is 43.2 cm³/mol. The molecular formula is C7H11FO4S. The Balaban J connectivity index is 2.82. The fraction of sp³-hybridized carbons (Fsp3) is 0.857. The largest absolute Gasteiger partial charge is 0.469 e. The van der Waals surface area contributed by atoms with Crippen LogP contribution in [0, 0.1) is 5.92 Å². The van der Waals surface area contributed by atoms with Gasteiger partial charge in [0.25, 0.3) is 0 Å². The lowest BCUT2D eigenvalue weighted by Gasteiger charge is -2.12. The quantitative estimate of drug-likeness (QED) is 0.495. The molecule has 0 bridgehead atoms.